The van der Waals surface area contributed by atoms with Crippen LogP contribution in [-0.4, -0.2) is 358 Å². The smallest absolute Gasteiger partial charge is 0.291 e. The molecule has 7 aromatic heterocycles. The minimum absolute atomic E-state index is 0.00136. The Kier molecular flexibility index (Phi) is 44.6. The van der Waals surface area contributed by atoms with Crippen LogP contribution in [0.2, 0.25) is 0 Å². The van der Waals surface area contributed by atoms with Gasteiger partial charge in [-0.15, -0.1) is 21.5 Å². The molecule has 8 heterocycles. The van der Waals surface area contributed by atoms with Gasteiger partial charge < -0.3 is 158 Å². The molecule has 1 aliphatic rings. The van der Waals surface area contributed by atoms with E-state index in [0.717, 1.165) is 26.6 Å². The van der Waals surface area contributed by atoms with Crippen molar-refractivity contribution in [2.75, 3.05) is 223 Å². The SMILES string of the molecule is Cc1sc2c(c1C)C(c1ccc(N(CC(O)COCC(O)CO)CC(O)COCC(O)CO)cc1)=N[C@@H](CC(=O)Nc1ccc(OCCOCCOCCOCCOCCOCCOCCOCCOCCNC(=O)CCNC(=O)c3nc(NC(=O)CCNC(=O)c4cc(NC(=O)c5nc(NC(=O)CCNC(=O)c6cc(NC(=O)c7nccn7C)cn6C)cn5C)cn4C)cn3C)cc1)c1nnc(C)n1-2. The van der Waals surface area contributed by atoms with E-state index < -0.39 is 85.0 Å². The molecule has 1 aliphatic heterocycles. The Labute approximate surface area is 811 Å². The summed E-state index contributed by atoms with van der Waals surface area (Å²) in [5.41, 5.74) is 5.43. The van der Waals surface area contributed by atoms with Crippen LogP contribution in [0.4, 0.5) is 34.4 Å². The topological polar surface area (TPSA) is 594 Å². The number of benzene rings is 2. The third kappa shape index (κ3) is 35.0. The van der Waals surface area contributed by atoms with E-state index in [1.54, 1.807) is 92.7 Å². The number of aryl methyl sites for hydroxylation is 7. The Balaban J connectivity index is 0.487. The lowest BCUT2D eigenvalue weighted by molar-refractivity contribution is -0.121. The van der Waals surface area contributed by atoms with Gasteiger partial charge in [0.15, 0.2) is 23.3 Å². The van der Waals surface area contributed by atoms with Crippen molar-refractivity contribution in [2.24, 2.45) is 40.2 Å². The van der Waals surface area contributed by atoms with Gasteiger partial charge in [-0.05, 0) is 74.9 Å². The van der Waals surface area contributed by atoms with Crippen LogP contribution in [0.25, 0.3) is 5.00 Å². The lowest BCUT2D eigenvalue weighted by Crippen LogP contribution is -2.41. The van der Waals surface area contributed by atoms with Gasteiger partial charge in [0, 0.05) is 158 Å². The van der Waals surface area contributed by atoms with Crippen LogP contribution in [-0.2, 0) is 102 Å². The second-order valence-electron chi connectivity index (χ2n) is 32.2. The molecule has 10 rings (SSSR count). The van der Waals surface area contributed by atoms with Gasteiger partial charge in [-0.2, -0.15) is 0 Å². The molecule has 0 saturated heterocycles. The molecule has 140 heavy (non-hydrogen) atoms. The molecule has 0 radical (unpaired) electrons. The van der Waals surface area contributed by atoms with E-state index in [9.17, 15) is 73.8 Å². The molecule has 9 amide bonds. The third-order valence-corrected chi connectivity index (χ3v) is 22.3. The minimum Gasteiger partial charge on any atom is -0.491 e. The number of aliphatic hydroxyl groups is 6. The first-order chi connectivity index (χ1) is 67.5. The molecule has 0 bridgehead atoms. The molecule has 48 nitrogen and oxygen atoms in total. The molecule has 9 aromatic rings. The van der Waals surface area contributed by atoms with Crippen molar-refractivity contribution in [2.45, 2.75) is 76.9 Å². The van der Waals surface area contributed by atoms with Crippen molar-refractivity contribution in [1.82, 2.24) is 73.8 Å². The van der Waals surface area contributed by atoms with Crippen LogP contribution >= 0.6 is 11.3 Å². The van der Waals surface area contributed by atoms with E-state index in [2.05, 4.69) is 73.0 Å². The number of rotatable bonds is 65. The molecule has 0 aliphatic carbocycles. The maximum atomic E-state index is 14.0. The van der Waals surface area contributed by atoms with E-state index in [1.807, 2.05) is 49.6 Å². The van der Waals surface area contributed by atoms with Gasteiger partial charge in [-0.1, -0.05) is 12.1 Å². The van der Waals surface area contributed by atoms with Gasteiger partial charge in [-0.3, -0.25) is 52.7 Å². The zero-order valence-corrected chi connectivity index (χ0v) is 80.3. The molecule has 5 atom stereocenters. The molecular formula is C91H126N22O26S. The summed E-state index contributed by atoms with van der Waals surface area (Å²) in [5, 5.41) is 94.0. The predicted octanol–water partition coefficient (Wildman–Crippen LogP) is 0.790. The van der Waals surface area contributed by atoms with Crippen molar-refractivity contribution in [3.05, 3.63) is 160 Å². The molecule has 762 valence electrons. The van der Waals surface area contributed by atoms with E-state index in [-0.39, 0.29) is 163 Å². The van der Waals surface area contributed by atoms with E-state index in [4.69, 9.17) is 57.1 Å². The number of aliphatic imine (C=N–C) groups is 1. The number of nitrogens with zero attached hydrogens (tertiary/aromatic N) is 13. The van der Waals surface area contributed by atoms with Crippen LogP contribution in [0.5, 0.6) is 5.75 Å². The van der Waals surface area contributed by atoms with E-state index in [1.165, 1.54) is 55.2 Å². The number of aliphatic hydroxyl groups excluding tert-OH is 6. The minimum atomic E-state index is -1.11. The molecule has 4 unspecified atom stereocenters. The van der Waals surface area contributed by atoms with Crippen LogP contribution < -0.4 is 57.5 Å². The maximum absolute atomic E-state index is 14.0. The highest BCUT2D eigenvalue weighted by atomic mass is 32.1. The summed E-state index contributed by atoms with van der Waals surface area (Å²) < 4.78 is 70.8. The normalized spacial score (nSPS) is 13.1. The Morgan fingerprint density at radius 2 is 0.893 bits per heavy atom. The van der Waals surface area contributed by atoms with Crippen molar-refractivity contribution in [3.63, 3.8) is 0 Å². The van der Waals surface area contributed by atoms with Gasteiger partial charge in [0.1, 0.15) is 52.8 Å². The number of anilines is 6. The lowest BCUT2D eigenvalue weighted by Gasteiger charge is -2.30. The first-order valence-electron chi connectivity index (χ1n) is 45.4. The first-order valence-corrected chi connectivity index (χ1v) is 46.2. The number of carbonyl (C=O) groups excluding carboxylic acids is 9. The predicted molar refractivity (Wildman–Crippen MR) is 510 cm³/mol. The van der Waals surface area contributed by atoms with Crippen molar-refractivity contribution < 1.29 is 126 Å². The highest BCUT2D eigenvalue weighted by Crippen LogP contribution is 2.40. The highest BCUT2D eigenvalue weighted by Gasteiger charge is 2.34. The Morgan fingerprint density at radius 3 is 1.37 bits per heavy atom. The van der Waals surface area contributed by atoms with Gasteiger partial charge in [0.2, 0.25) is 35.3 Å². The van der Waals surface area contributed by atoms with Crippen molar-refractivity contribution in [3.8, 4) is 10.8 Å². The zero-order valence-electron chi connectivity index (χ0n) is 79.5. The second kappa shape index (κ2) is 57.2. The number of aromatic nitrogens is 11. The van der Waals surface area contributed by atoms with Gasteiger partial charge in [-0.25, -0.2) is 15.0 Å². The summed E-state index contributed by atoms with van der Waals surface area (Å²) >= 11 is 1.57. The van der Waals surface area contributed by atoms with Gasteiger partial charge in [0.25, 0.3) is 29.5 Å². The number of hydrogen-bond acceptors (Lipinski definition) is 34. The molecule has 2 aromatic carbocycles. The number of ether oxygens (including phenoxy) is 11. The summed E-state index contributed by atoms with van der Waals surface area (Å²) in [4.78, 5) is 138. The van der Waals surface area contributed by atoms with Crippen LogP contribution in [0.15, 0.2) is 103 Å². The Hall–Kier alpha value is -12.7. The third-order valence-electron chi connectivity index (χ3n) is 21.1. The second-order valence-corrected chi connectivity index (χ2v) is 33.4. The number of thiophene rings is 1. The van der Waals surface area contributed by atoms with Crippen molar-refractivity contribution in [1.29, 1.82) is 0 Å². The van der Waals surface area contributed by atoms with Gasteiger partial charge in [0.05, 0.1) is 181 Å². The van der Waals surface area contributed by atoms with Crippen LogP contribution in [0.1, 0.15) is 118 Å². The number of carbonyl (C=O) groups is 9. The van der Waals surface area contributed by atoms with Crippen LogP contribution in [0, 0.1) is 20.8 Å². The quantitative estimate of drug-likeness (QED) is 0.0234. The molecular weight excluding hydrogens is 1850 g/mol. The Morgan fingerprint density at radius 1 is 0.443 bits per heavy atom. The van der Waals surface area contributed by atoms with E-state index in [0.29, 0.717) is 139 Å². The number of amides is 9. The summed E-state index contributed by atoms with van der Waals surface area (Å²) in [6, 6.07) is 16.6. The fraction of sp³-hybridized carbons (Fsp3) is 0.505. The van der Waals surface area contributed by atoms with E-state index >= 15 is 0 Å². The number of fused-ring (bicyclic) bond motifs is 3. The zero-order chi connectivity index (χ0) is 100. The largest absolute Gasteiger partial charge is 0.491 e. The summed E-state index contributed by atoms with van der Waals surface area (Å²) in [6.45, 7) is 10.3. The molecule has 49 heteroatoms. The number of nitrogens with one attached hydrogen (secondary N) is 9. The van der Waals surface area contributed by atoms with Gasteiger partial charge >= 0.3 is 0 Å². The standard InChI is InChI=1S/C91H126N22O26S/c1-58-59(2)140-91-80(58)81(61-9-13-65(14-10-61)112(48-66(116)54-137-56-68(118)52-114)49-67(117)55-138-57-69(119)53-115)100-71(82-106-105-60(3)113(82)91)45-79(123)97-62-11-15-70(16-12-62)139-42-41-136-40-39-135-38-37-134-36-35-133-34-33-132-32-31-131-30-29-130-28-27-129-26-24-92-76(120)17-20-96-88(126)84-103-74(50-110(84)7)101-77(121)18-21-95-87(125)73-44-64(47-109(73)6)99-90(128)85-104-75(51-111(85)8)102-78(122)19-22-94-86(124)72-43-63(46-108(72)5)98-89(127)83-93-23-25-107(83)4/h9-16,23,25,43-44,46-47,50-51,66-69,71,114-119H,17-22,24,26-42,45,48-49,52-57H2,1-8H3,(H,92,120)(H,94,124)(H,95,125)(H,96,126)(H,97,123)(H,98,127)(H,99,128)(H,101,121)(H,102,122)/t66?,67?,68?,69?,71-/m0/s1. The first kappa shape index (κ1) is 109. The molecule has 15 N–H and O–H groups in total. The summed E-state index contributed by atoms with van der Waals surface area (Å²) in [7, 11) is 8.02. The highest BCUT2D eigenvalue weighted by molar-refractivity contribution is 7.15. The van der Waals surface area contributed by atoms with Crippen LogP contribution in [0.3, 0.4) is 0 Å². The summed E-state index contributed by atoms with van der Waals surface area (Å²) in [5.74, 6) is -2.33. The molecule has 0 saturated carbocycles. The summed E-state index contributed by atoms with van der Waals surface area (Å²) in [6.07, 6.45) is 4.34. The molecule has 0 fully saturated rings. The fourth-order valence-corrected chi connectivity index (χ4v) is 15.2. The lowest BCUT2D eigenvalue weighted by atomic mass is 9.99. The number of imidazole rings is 3. The average Bonchev–Trinajstić information content (AvgIpc) is 1.58. The monoisotopic (exact) mass is 1970 g/mol. The maximum Gasteiger partial charge on any atom is 0.291 e. The average molecular weight is 1980 g/mol. The number of hydrogen-bond donors (Lipinski definition) is 15. The van der Waals surface area contributed by atoms with Crippen molar-refractivity contribution >= 4 is 105 Å². The Bertz CT molecular complexity index is 5490. The molecule has 0 spiro atoms. The fourth-order valence-electron chi connectivity index (χ4n) is 14.0.